The third-order valence-electron chi connectivity index (χ3n) is 1.17. The molecule has 0 aliphatic heterocycles. The van der Waals surface area contributed by atoms with Crippen molar-refractivity contribution in [3.05, 3.63) is 35.9 Å². The molecular weight excluding hydrogens is 130 g/mol. The molecule has 0 atom stereocenters. The normalized spacial score (nSPS) is 10.3. The van der Waals surface area contributed by atoms with Crippen molar-refractivity contribution in [3.8, 4) is 0 Å². The molecule has 0 aliphatic rings. The average Bonchev–Trinajstić information content (AvgIpc) is 1.88. The standard InChI is InChI=1S/C7H9NO2/c9-8(10)6-7-4-2-1-3-5-7/h1-5,9-10H,6H2/q+1. The lowest BCUT2D eigenvalue weighted by molar-refractivity contribution is -0.211. The Morgan fingerprint density at radius 1 is 1.10 bits per heavy atom. The molecule has 53 valence electrons. The summed E-state index contributed by atoms with van der Waals surface area (Å²) in [6.07, 6.45) is 0. The van der Waals surface area contributed by atoms with E-state index in [0.29, 0.717) is 0 Å². The molecule has 0 heterocycles. The van der Waals surface area contributed by atoms with E-state index in [4.69, 9.17) is 10.4 Å². The fraction of sp³-hybridized carbons (Fsp3) is 0.143. The highest BCUT2D eigenvalue weighted by atomic mass is 16.8. The molecule has 1 aromatic rings. The number of hydrogen-bond acceptors (Lipinski definition) is 3. The van der Waals surface area contributed by atoms with E-state index in [9.17, 15) is 0 Å². The molecule has 0 fully saturated rings. The van der Waals surface area contributed by atoms with Gasteiger partial charge in [-0.2, -0.15) is 0 Å². The van der Waals surface area contributed by atoms with Crippen LogP contribution in [-0.2, 0) is 6.54 Å². The van der Waals surface area contributed by atoms with Crippen LogP contribution in [0.15, 0.2) is 30.3 Å². The molecule has 3 nitrogen and oxygen atoms in total. The van der Waals surface area contributed by atoms with E-state index in [-0.39, 0.29) is 11.8 Å². The molecule has 0 spiro atoms. The smallest absolute Gasteiger partial charge is 0.124 e. The van der Waals surface area contributed by atoms with Gasteiger partial charge in [-0.05, 0) is 0 Å². The second-order valence-electron chi connectivity index (χ2n) is 2.02. The van der Waals surface area contributed by atoms with E-state index in [0.717, 1.165) is 5.56 Å². The third kappa shape index (κ3) is 2.14. The van der Waals surface area contributed by atoms with Gasteiger partial charge in [-0.15, -0.1) is 10.4 Å². The Kier molecular flexibility index (Phi) is 2.39. The molecule has 1 aromatic carbocycles. The molecule has 10 heavy (non-hydrogen) atoms. The zero-order valence-corrected chi connectivity index (χ0v) is 5.44. The number of nitrogens with zero attached hydrogens (tertiary/aromatic N) is 1. The maximum absolute atomic E-state index is 8.39. The second-order valence-corrected chi connectivity index (χ2v) is 2.02. The summed E-state index contributed by atoms with van der Waals surface area (Å²) in [7, 11) is 0. The summed E-state index contributed by atoms with van der Waals surface area (Å²) in [6.45, 7) is 0.140. The van der Waals surface area contributed by atoms with Crippen LogP contribution in [0.4, 0.5) is 0 Å². The van der Waals surface area contributed by atoms with E-state index < -0.39 is 0 Å². The molecule has 1 radical (unpaired) electrons. The molecule has 0 saturated carbocycles. The van der Waals surface area contributed by atoms with Gasteiger partial charge >= 0.3 is 0 Å². The minimum Gasteiger partial charge on any atom is -0.124 e. The van der Waals surface area contributed by atoms with Crippen LogP contribution in [0.3, 0.4) is 0 Å². The van der Waals surface area contributed by atoms with Crippen molar-refractivity contribution >= 4 is 0 Å². The molecule has 0 aliphatic carbocycles. The minimum absolute atomic E-state index is 0.140. The largest absolute Gasteiger partial charge is 0.226 e. The summed E-state index contributed by atoms with van der Waals surface area (Å²) in [5, 5.41) is 17.0. The van der Waals surface area contributed by atoms with Gasteiger partial charge in [0.05, 0.1) is 0 Å². The van der Waals surface area contributed by atoms with Gasteiger partial charge in [-0.1, -0.05) is 30.3 Å². The molecule has 0 bridgehead atoms. The van der Waals surface area contributed by atoms with Gasteiger partial charge in [-0.25, -0.2) is 0 Å². The molecule has 0 amide bonds. The first kappa shape index (κ1) is 7.21. The average molecular weight is 139 g/mol. The van der Waals surface area contributed by atoms with Crippen LogP contribution >= 0.6 is 0 Å². The minimum atomic E-state index is 0.140. The summed E-state index contributed by atoms with van der Waals surface area (Å²) in [4.78, 5) is 0. The van der Waals surface area contributed by atoms with Crippen molar-refractivity contribution in [1.82, 2.24) is 5.23 Å². The molecule has 0 aromatic heterocycles. The monoisotopic (exact) mass is 139 g/mol. The van der Waals surface area contributed by atoms with E-state index in [1.165, 1.54) is 0 Å². The van der Waals surface area contributed by atoms with Crippen LogP contribution in [0, 0.1) is 0 Å². The van der Waals surface area contributed by atoms with Crippen molar-refractivity contribution in [3.63, 3.8) is 0 Å². The van der Waals surface area contributed by atoms with E-state index in [1.54, 1.807) is 0 Å². The molecule has 1 rings (SSSR count). The Hall–Kier alpha value is -0.900. The van der Waals surface area contributed by atoms with E-state index in [1.807, 2.05) is 30.3 Å². The Bertz CT molecular complexity index is 186. The number of hydroxylamine groups is 2. The first-order valence-electron chi connectivity index (χ1n) is 2.98. The van der Waals surface area contributed by atoms with Crippen LogP contribution in [-0.4, -0.2) is 10.4 Å². The van der Waals surface area contributed by atoms with Crippen LogP contribution in [0.2, 0.25) is 0 Å². The van der Waals surface area contributed by atoms with Gasteiger partial charge < -0.3 is 0 Å². The molecule has 3 heteroatoms. The molecular formula is C7H9NO2+. The van der Waals surface area contributed by atoms with Gasteiger partial charge in [0.15, 0.2) is 5.23 Å². The third-order valence-corrected chi connectivity index (χ3v) is 1.17. The van der Waals surface area contributed by atoms with Gasteiger partial charge in [0.25, 0.3) is 0 Å². The Balaban J connectivity index is 2.59. The fourth-order valence-electron chi connectivity index (χ4n) is 0.747. The van der Waals surface area contributed by atoms with Crippen LogP contribution in [0.1, 0.15) is 5.56 Å². The first-order valence-corrected chi connectivity index (χ1v) is 2.98. The molecule has 0 unspecified atom stereocenters. The van der Waals surface area contributed by atoms with Crippen LogP contribution in [0.25, 0.3) is 0 Å². The van der Waals surface area contributed by atoms with Crippen molar-refractivity contribution in [2.24, 2.45) is 0 Å². The summed E-state index contributed by atoms with van der Waals surface area (Å²) in [5.74, 6) is 0. The van der Waals surface area contributed by atoms with Gasteiger partial charge in [0, 0.05) is 5.56 Å². The lowest BCUT2D eigenvalue weighted by Crippen LogP contribution is -2.19. The van der Waals surface area contributed by atoms with Gasteiger partial charge in [0.1, 0.15) is 0 Å². The molecule has 2 N–H and O–H groups in total. The summed E-state index contributed by atoms with van der Waals surface area (Å²) < 4.78 is 0. The summed E-state index contributed by atoms with van der Waals surface area (Å²) >= 11 is 0. The highest BCUT2D eigenvalue weighted by Crippen LogP contribution is 1.98. The predicted molar refractivity (Wildman–Crippen MR) is 35.9 cm³/mol. The van der Waals surface area contributed by atoms with Crippen molar-refractivity contribution in [2.75, 3.05) is 0 Å². The first-order chi connectivity index (χ1) is 4.79. The number of benzene rings is 1. The quantitative estimate of drug-likeness (QED) is 0.603. The Labute approximate surface area is 59.1 Å². The number of hydrogen-bond donors (Lipinski definition) is 2. The summed E-state index contributed by atoms with van der Waals surface area (Å²) in [5.41, 5.74) is 0.868. The number of rotatable bonds is 2. The maximum atomic E-state index is 8.39. The Morgan fingerprint density at radius 3 is 2.20 bits per heavy atom. The zero-order valence-electron chi connectivity index (χ0n) is 5.44. The zero-order chi connectivity index (χ0) is 7.40. The van der Waals surface area contributed by atoms with E-state index in [2.05, 4.69) is 0 Å². The highest BCUT2D eigenvalue weighted by molar-refractivity contribution is 5.13. The second kappa shape index (κ2) is 3.31. The van der Waals surface area contributed by atoms with E-state index >= 15 is 0 Å². The highest BCUT2D eigenvalue weighted by Gasteiger charge is 2.06. The van der Waals surface area contributed by atoms with Crippen LogP contribution in [0.5, 0.6) is 0 Å². The topological polar surface area (TPSA) is 46.4 Å². The SMILES string of the molecule is O[N+](O)Cc1ccccc1. The van der Waals surface area contributed by atoms with Gasteiger partial charge in [-0.3, -0.25) is 0 Å². The predicted octanol–water partition coefficient (Wildman–Crippen LogP) is 1.11. The summed E-state index contributed by atoms with van der Waals surface area (Å²) in [6, 6.07) is 9.21. The maximum Gasteiger partial charge on any atom is 0.226 e. The van der Waals surface area contributed by atoms with Crippen molar-refractivity contribution in [1.29, 1.82) is 0 Å². The van der Waals surface area contributed by atoms with Crippen LogP contribution < -0.4 is 5.23 Å². The Morgan fingerprint density at radius 2 is 1.70 bits per heavy atom. The molecule has 0 saturated heterocycles. The lowest BCUT2D eigenvalue weighted by Gasteiger charge is -1.92. The lowest BCUT2D eigenvalue weighted by atomic mass is 10.2. The van der Waals surface area contributed by atoms with Crippen molar-refractivity contribution < 1.29 is 10.4 Å². The van der Waals surface area contributed by atoms with Crippen molar-refractivity contribution in [2.45, 2.75) is 6.54 Å². The van der Waals surface area contributed by atoms with Gasteiger partial charge in [0.2, 0.25) is 6.54 Å². The fourth-order valence-corrected chi connectivity index (χ4v) is 0.747.